The molecule has 0 unspecified atom stereocenters. The van der Waals surface area contributed by atoms with Crippen molar-refractivity contribution in [3.05, 3.63) is 34.5 Å². The Morgan fingerprint density at radius 1 is 1.29 bits per heavy atom. The summed E-state index contributed by atoms with van der Waals surface area (Å²) < 4.78 is 2.35. The standard InChI is InChI=1S/C18H25NO2/c1-6-7-8-15-13(5)19(11(2)3)17-12(4)9-14(18(20)21)10-16(15)17/h9-11H,6-8H2,1-5H3,(H,20,21). The van der Waals surface area contributed by atoms with Crippen molar-refractivity contribution in [2.45, 2.75) is 59.9 Å². The maximum atomic E-state index is 11.3. The molecule has 2 rings (SSSR count). The molecule has 0 amide bonds. The van der Waals surface area contributed by atoms with Crippen LogP contribution < -0.4 is 0 Å². The van der Waals surface area contributed by atoms with Gasteiger partial charge in [-0.25, -0.2) is 4.79 Å². The smallest absolute Gasteiger partial charge is 0.335 e. The molecule has 3 heteroatoms. The molecular weight excluding hydrogens is 262 g/mol. The average molecular weight is 287 g/mol. The van der Waals surface area contributed by atoms with E-state index >= 15 is 0 Å². The Kier molecular flexibility index (Phi) is 4.40. The number of carboxylic acid groups (broad SMARTS) is 1. The summed E-state index contributed by atoms with van der Waals surface area (Å²) in [5.41, 5.74) is 5.22. The highest BCUT2D eigenvalue weighted by Gasteiger charge is 2.19. The zero-order valence-corrected chi connectivity index (χ0v) is 13.7. The van der Waals surface area contributed by atoms with Crippen LogP contribution in [0.2, 0.25) is 0 Å². The Labute approximate surface area is 126 Å². The summed E-state index contributed by atoms with van der Waals surface area (Å²) in [4.78, 5) is 11.3. The quantitative estimate of drug-likeness (QED) is 0.851. The molecule has 0 aliphatic heterocycles. The van der Waals surface area contributed by atoms with Gasteiger partial charge in [0, 0.05) is 17.1 Å². The van der Waals surface area contributed by atoms with Gasteiger partial charge in [-0.15, -0.1) is 0 Å². The van der Waals surface area contributed by atoms with Gasteiger partial charge in [0.2, 0.25) is 0 Å². The minimum Gasteiger partial charge on any atom is -0.478 e. The van der Waals surface area contributed by atoms with Gasteiger partial charge < -0.3 is 9.67 Å². The van der Waals surface area contributed by atoms with Gasteiger partial charge in [-0.3, -0.25) is 0 Å². The van der Waals surface area contributed by atoms with E-state index in [1.165, 1.54) is 16.8 Å². The molecule has 0 saturated carbocycles. The number of nitrogens with zero attached hydrogens (tertiary/aromatic N) is 1. The van der Waals surface area contributed by atoms with Gasteiger partial charge >= 0.3 is 5.97 Å². The van der Waals surface area contributed by atoms with Crippen molar-refractivity contribution in [3.8, 4) is 0 Å². The maximum absolute atomic E-state index is 11.3. The van der Waals surface area contributed by atoms with Gasteiger partial charge in [-0.05, 0) is 63.8 Å². The Morgan fingerprint density at radius 2 is 1.95 bits per heavy atom. The van der Waals surface area contributed by atoms with E-state index in [-0.39, 0.29) is 0 Å². The van der Waals surface area contributed by atoms with E-state index < -0.39 is 5.97 Å². The molecule has 0 atom stereocenters. The van der Waals surface area contributed by atoms with Crippen molar-refractivity contribution in [1.29, 1.82) is 0 Å². The van der Waals surface area contributed by atoms with E-state index in [1.54, 1.807) is 6.07 Å². The molecule has 2 aromatic rings. The highest BCUT2D eigenvalue weighted by molar-refractivity contribution is 5.97. The SMILES string of the molecule is CCCCc1c(C)n(C(C)C)c2c(C)cc(C(=O)O)cc12. The van der Waals surface area contributed by atoms with E-state index in [1.807, 2.05) is 13.0 Å². The number of rotatable bonds is 5. The Bertz CT molecular complexity index is 680. The van der Waals surface area contributed by atoms with Gasteiger partial charge in [-0.2, -0.15) is 0 Å². The molecule has 0 aliphatic carbocycles. The Morgan fingerprint density at radius 3 is 2.48 bits per heavy atom. The lowest BCUT2D eigenvalue weighted by atomic mass is 10.0. The average Bonchev–Trinajstić information content (AvgIpc) is 2.69. The second-order valence-electron chi connectivity index (χ2n) is 6.13. The van der Waals surface area contributed by atoms with Gasteiger partial charge in [0.1, 0.15) is 0 Å². The van der Waals surface area contributed by atoms with Gasteiger partial charge in [0.15, 0.2) is 0 Å². The van der Waals surface area contributed by atoms with Crippen LogP contribution in [0.25, 0.3) is 10.9 Å². The minimum atomic E-state index is -0.851. The summed E-state index contributed by atoms with van der Waals surface area (Å²) in [5.74, 6) is -0.851. The molecule has 0 spiro atoms. The minimum absolute atomic E-state index is 0.372. The number of fused-ring (bicyclic) bond motifs is 1. The van der Waals surface area contributed by atoms with Crippen LogP contribution in [0.1, 0.15) is 66.8 Å². The second-order valence-corrected chi connectivity index (χ2v) is 6.13. The van der Waals surface area contributed by atoms with E-state index in [0.29, 0.717) is 11.6 Å². The number of aromatic nitrogens is 1. The van der Waals surface area contributed by atoms with Gasteiger partial charge in [-0.1, -0.05) is 13.3 Å². The highest BCUT2D eigenvalue weighted by atomic mass is 16.4. The summed E-state index contributed by atoms with van der Waals surface area (Å²) in [5, 5.41) is 10.4. The van der Waals surface area contributed by atoms with Crippen LogP contribution in [0.15, 0.2) is 12.1 Å². The molecule has 1 N–H and O–H groups in total. The number of benzene rings is 1. The fraction of sp³-hybridized carbons (Fsp3) is 0.500. The summed E-state index contributed by atoms with van der Waals surface area (Å²) in [6, 6.07) is 4.01. The Hall–Kier alpha value is -1.77. The van der Waals surface area contributed by atoms with E-state index in [4.69, 9.17) is 0 Å². The first kappa shape index (κ1) is 15.6. The molecule has 0 bridgehead atoms. The molecular formula is C18H25NO2. The first-order chi connectivity index (χ1) is 9.88. The molecule has 3 nitrogen and oxygen atoms in total. The van der Waals surface area contributed by atoms with Crippen LogP contribution in [0, 0.1) is 13.8 Å². The predicted octanol–water partition coefficient (Wildman–Crippen LogP) is 4.88. The maximum Gasteiger partial charge on any atom is 0.335 e. The monoisotopic (exact) mass is 287 g/mol. The molecule has 21 heavy (non-hydrogen) atoms. The van der Waals surface area contributed by atoms with Crippen molar-refractivity contribution in [2.24, 2.45) is 0 Å². The number of aryl methyl sites for hydroxylation is 2. The van der Waals surface area contributed by atoms with Crippen LogP contribution in [0.4, 0.5) is 0 Å². The molecule has 0 fully saturated rings. The molecule has 0 radical (unpaired) electrons. The van der Waals surface area contributed by atoms with Crippen LogP contribution in [-0.4, -0.2) is 15.6 Å². The van der Waals surface area contributed by atoms with E-state index in [9.17, 15) is 9.90 Å². The zero-order valence-electron chi connectivity index (χ0n) is 13.7. The molecule has 0 saturated heterocycles. The van der Waals surface area contributed by atoms with Gasteiger partial charge in [0.25, 0.3) is 0 Å². The first-order valence-electron chi connectivity index (χ1n) is 7.75. The molecule has 1 aromatic carbocycles. The largest absolute Gasteiger partial charge is 0.478 e. The molecule has 114 valence electrons. The zero-order chi connectivity index (χ0) is 15.7. The third-order valence-electron chi connectivity index (χ3n) is 4.21. The van der Waals surface area contributed by atoms with Crippen molar-refractivity contribution in [1.82, 2.24) is 4.57 Å². The van der Waals surface area contributed by atoms with Crippen LogP contribution in [0.5, 0.6) is 0 Å². The van der Waals surface area contributed by atoms with Crippen LogP contribution in [-0.2, 0) is 6.42 Å². The van der Waals surface area contributed by atoms with E-state index in [2.05, 4.69) is 32.3 Å². The molecule has 1 heterocycles. The predicted molar refractivity (Wildman–Crippen MR) is 87.4 cm³/mol. The van der Waals surface area contributed by atoms with Crippen LogP contribution >= 0.6 is 0 Å². The highest BCUT2D eigenvalue weighted by Crippen LogP contribution is 2.33. The van der Waals surface area contributed by atoms with Crippen molar-refractivity contribution < 1.29 is 9.90 Å². The number of hydrogen-bond acceptors (Lipinski definition) is 1. The summed E-state index contributed by atoms with van der Waals surface area (Å²) in [6.07, 6.45) is 3.29. The lowest BCUT2D eigenvalue weighted by Gasteiger charge is -2.14. The summed E-state index contributed by atoms with van der Waals surface area (Å²) in [7, 11) is 0. The number of carboxylic acids is 1. The van der Waals surface area contributed by atoms with Gasteiger partial charge in [0.05, 0.1) is 11.1 Å². The lowest BCUT2D eigenvalue weighted by molar-refractivity contribution is 0.0697. The Balaban J connectivity index is 2.80. The fourth-order valence-electron chi connectivity index (χ4n) is 3.28. The number of unbranched alkanes of at least 4 members (excludes halogenated alkanes) is 1. The molecule has 0 aliphatic rings. The first-order valence-corrected chi connectivity index (χ1v) is 7.75. The molecule has 1 aromatic heterocycles. The van der Waals surface area contributed by atoms with Crippen molar-refractivity contribution in [2.75, 3.05) is 0 Å². The normalized spacial score (nSPS) is 11.5. The van der Waals surface area contributed by atoms with E-state index in [0.717, 1.165) is 30.2 Å². The number of carbonyl (C=O) groups is 1. The number of hydrogen-bond donors (Lipinski definition) is 1. The van der Waals surface area contributed by atoms with Crippen molar-refractivity contribution >= 4 is 16.9 Å². The third kappa shape index (κ3) is 2.69. The summed E-state index contributed by atoms with van der Waals surface area (Å²) in [6.45, 7) is 10.7. The topological polar surface area (TPSA) is 42.2 Å². The van der Waals surface area contributed by atoms with Crippen molar-refractivity contribution in [3.63, 3.8) is 0 Å². The summed E-state index contributed by atoms with van der Waals surface area (Å²) >= 11 is 0. The fourth-order valence-corrected chi connectivity index (χ4v) is 3.28. The second kappa shape index (κ2) is 5.92. The lowest BCUT2D eigenvalue weighted by Crippen LogP contribution is -2.04. The number of aromatic carboxylic acids is 1. The van der Waals surface area contributed by atoms with Crippen LogP contribution in [0.3, 0.4) is 0 Å². The third-order valence-corrected chi connectivity index (χ3v) is 4.21.